The van der Waals surface area contributed by atoms with E-state index in [1.807, 2.05) is 0 Å². The van der Waals surface area contributed by atoms with E-state index < -0.39 is 26.5 Å². The summed E-state index contributed by atoms with van der Waals surface area (Å²) >= 11 is 0. The SMILES string of the molecule is CCCC/C=C/CCCCCCCCCCCC(=O)OC[C@H](COP(=O)(O)OCCN)OC(=O)CCCCCCCCCCC/C=C/CCCCCCCC. The van der Waals surface area contributed by atoms with Crippen molar-refractivity contribution in [2.24, 2.45) is 5.73 Å². The minimum absolute atomic E-state index is 0.0541. The third-order valence-electron chi connectivity index (χ3n) is 9.81. The Morgan fingerprint density at radius 1 is 0.527 bits per heavy atom. The van der Waals surface area contributed by atoms with Gasteiger partial charge in [0.15, 0.2) is 6.10 Å². The number of carbonyl (C=O) groups excluding carboxylic acids is 2. The second-order valence-corrected chi connectivity index (χ2v) is 16.7. The normalized spacial score (nSPS) is 13.5. The van der Waals surface area contributed by atoms with Gasteiger partial charge in [0.2, 0.25) is 0 Å². The van der Waals surface area contributed by atoms with Gasteiger partial charge in [-0.05, 0) is 57.8 Å². The number of allylic oxidation sites excluding steroid dienone is 4. The Kier molecular flexibility index (Phi) is 40.9. The molecule has 0 bridgehead atoms. The van der Waals surface area contributed by atoms with Crippen LogP contribution >= 0.6 is 7.82 Å². The summed E-state index contributed by atoms with van der Waals surface area (Å²) in [5.41, 5.74) is 5.35. The average molecular weight is 800 g/mol. The molecule has 0 heterocycles. The summed E-state index contributed by atoms with van der Waals surface area (Å²) in [6.45, 7) is 3.72. The number of nitrogens with two attached hydrogens (primary N) is 1. The first kappa shape index (κ1) is 53.5. The number of phosphoric acid groups is 1. The van der Waals surface area contributed by atoms with Gasteiger partial charge >= 0.3 is 19.8 Å². The first-order valence-corrected chi connectivity index (χ1v) is 24.3. The zero-order chi connectivity index (χ0) is 40.3. The summed E-state index contributed by atoms with van der Waals surface area (Å²) in [4.78, 5) is 34.9. The van der Waals surface area contributed by atoms with Crippen LogP contribution in [0.25, 0.3) is 0 Å². The molecule has 0 spiro atoms. The van der Waals surface area contributed by atoms with E-state index in [0.29, 0.717) is 6.42 Å². The topological polar surface area (TPSA) is 134 Å². The molecule has 0 aliphatic rings. The Bertz CT molecular complexity index is 959. The standard InChI is InChI=1S/C45H86NO8P/c1-3-5-7-9-11-13-15-17-19-20-21-22-24-26-28-30-32-34-36-38-45(48)54-43(42-53-55(49,50)52-40-39-46)41-51-44(47)37-35-33-31-29-27-25-23-18-16-14-12-10-8-6-4-2/h10,12,17,19,43H,3-9,11,13-16,18,20-42,46H2,1-2H3,(H,49,50)/b12-10+,19-17+/t43-/m1/s1. The number of carbonyl (C=O) groups is 2. The molecule has 1 unspecified atom stereocenters. The first-order valence-electron chi connectivity index (χ1n) is 22.8. The van der Waals surface area contributed by atoms with E-state index in [0.717, 1.165) is 38.5 Å². The van der Waals surface area contributed by atoms with E-state index in [-0.39, 0.29) is 38.6 Å². The van der Waals surface area contributed by atoms with E-state index >= 15 is 0 Å². The maximum Gasteiger partial charge on any atom is 0.472 e. The van der Waals surface area contributed by atoms with Gasteiger partial charge < -0.3 is 20.1 Å². The molecule has 0 fully saturated rings. The van der Waals surface area contributed by atoms with E-state index in [4.69, 9.17) is 24.3 Å². The van der Waals surface area contributed by atoms with Crippen LogP contribution in [0.2, 0.25) is 0 Å². The molecule has 0 aromatic rings. The second-order valence-electron chi connectivity index (χ2n) is 15.3. The van der Waals surface area contributed by atoms with Crippen LogP contribution in [-0.4, -0.2) is 49.3 Å². The van der Waals surface area contributed by atoms with Gasteiger partial charge in [-0.1, -0.05) is 173 Å². The molecular weight excluding hydrogens is 713 g/mol. The number of ether oxygens (including phenoxy) is 2. The summed E-state index contributed by atoms with van der Waals surface area (Å²) in [6, 6.07) is 0. The number of hydrogen-bond acceptors (Lipinski definition) is 8. The predicted molar refractivity (Wildman–Crippen MR) is 229 cm³/mol. The van der Waals surface area contributed by atoms with Crippen LogP contribution in [0.4, 0.5) is 0 Å². The number of rotatable bonds is 43. The van der Waals surface area contributed by atoms with Crippen molar-refractivity contribution in [2.75, 3.05) is 26.4 Å². The zero-order valence-corrected chi connectivity index (χ0v) is 36.6. The molecule has 0 radical (unpaired) electrons. The van der Waals surface area contributed by atoms with Crippen molar-refractivity contribution >= 4 is 19.8 Å². The van der Waals surface area contributed by atoms with Gasteiger partial charge in [0.05, 0.1) is 13.2 Å². The van der Waals surface area contributed by atoms with E-state index in [2.05, 4.69) is 38.2 Å². The van der Waals surface area contributed by atoms with Gasteiger partial charge in [0, 0.05) is 19.4 Å². The van der Waals surface area contributed by atoms with Crippen LogP contribution in [0.15, 0.2) is 24.3 Å². The summed E-state index contributed by atoms with van der Waals surface area (Å²) < 4.78 is 32.8. The van der Waals surface area contributed by atoms with E-state index in [1.165, 1.54) is 148 Å². The summed E-state index contributed by atoms with van der Waals surface area (Å²) in [5, 5.41) is 0. The Balaban J connectivity index is 4.10. The zero-order valence-electron chi connectivity index (χ0n) is 35.7. The highest BCUT2D eigenvalue weighted by molar-refractivity contribution is 7.47. The summed E-state index contributed by atoms with van der Waals surface area (Å²) in [7, 11) is -4.38. The number of unbranched alkanes of at least 4 members (excludes halogenated alkanes) is 26. The van der Waals surface area contributed by atoms with Gasteiger partial charge in [0.25, 0.3) is 0 Å². The smallest absolute Gasteiger partial charge is 0.462 e. The van der Waals surface area contributed by atoms with Crippen LogP contribution in [0.1, 0.15) is 219 Å². The molecule has 0 aromatic carbocycles. The van der Waals surface area contributed by atoms with Crippen LogP contribution in [0.3, 0.4) is 0 Å². The van der Waals surface area contributed by atoms with Crippen molar-refractivity contribution < 1.29 is 37.6 Å². The van der Waals surface area contributed by atoms with Gasteiger partial charge in [-0.25, -0.2) is 4.57 Å². The third kappa shape index (κ3) is 41.9. The monoisotopic (exact) mass is 800 g/mol. The Morgan fingerprint density at radius 3 is 1.35 bits per heavy atom. The third-order valence-corrected chi connectivity index (χ3v) is 10.8. The van der Waals surface area contributed by atoms with Crippen LogP contribution < -0.4 is 5.73 Å². The summed E-state index contributed by atoms with van der Waals surface area (Å²) in [5.74, 6) is -0.826. The molecule has 0 aliphatic carbocycles. The molecule has 2 atom stereocenters. The highest BCUT2D eigenvalue weighted by Gasteiger charge is 2.26. The molecule has 0 rings (SSSR count). The highest BCUT2D eigenvalue weighted by atomic mass is 31.2. The van der Waals surface area contributed by atoms with Crippen molar-refractivity contribution in [3.8, 4) is 0 Å². The van der Waals surface area contributed by atoms with Crippen molar-refractivity contribution in [3.05, 3.63) is 24.3 Å². The first-order chi connectivity index (χ1) is 26.8. The van der Waals surface area contributed by atoms with Crippen LogP contribution in [0, 0.1) is 0 Å². The molecule has 324 valence electrons. The molecule has 10 heteroatoms. The van der Waals surface area contributed by atoms with E-state index in [1.54, 1.807) is 0 Å². The molecule has 55 heavy (non-hydrogen) atoms. The molecule has 0 amide bonds. The van der Waals surface area contributed by atoms with Gasteiger partial charge in [0.1, 0.15) is 6.61 Å². The lowest BCUT2D eigenvalue weighted by Crippen LogP contribution is -2.29. The Hall–Kier alpha value is -1.51. The Morgan fingerprint density at radius 2 is 0.909 bits per heavy atom. The van der Waals surface area contributed by atoms with Gasteiger partial charge in [-0.3, -0.25) is 18.6 Å². The minimum atomic E-state index is -4.38. The minimum Gasteiger partial charge on any atom is -0.462 e. The Labute approximate surface area is 338 Å². The number of esters is 2. The fraction of sp³-hybridized carbons (Fsp3) is 0.867. The highest BCUT2D eigenvalue weighted by Crippen LogP contribution is 2.43. The fourth-order valence-electron chi connectivity index (χ4n) is 6.38. The quantitative estimate of drug-likeness (QED) is 0.0267. The lowest BCUT2D eigenvalue weighted by atomic mass is 10.1. The van der Waals surface area contributed by atoms with Crippen molar-refractivity contribution in [2.45, 2.75) is 225 Å². The van der Waals surface area contributed by atoms with Crippen LogP contribution in [-0.2, 0) is 32.7 Å². The maximum atomic E-state index is 12.6. The molecule has 0 aliphatic heterocycles. The molecule has 3 N–H and O–H groups in total. The van der Waals surface area contributed by atoms with Gasteiger partial charge in [-0.2, -0.15) is 0 Å². The average Bonchev–Trinajstić information content (AvgIpc) is 3.17. The molecule has 0 saturated heterocycles. The maximum absolute atomic E-state index is 12.6. The lowest BCUT2D eigenvalue weighted by molar-refractivity contribution is -0.161. The van der Waals surface area contributed by atoms with Crippen molar-refractivity contribution in [3.63, 3.8) is 0 Å². The predicted octanol–water partition coefficient (Wildman–Crippen LogP) is 13.2. The molecule has 9 nitrogen and oxygen atoms in total. The van der Waals surface area contributed by atoms with Crippen LogP contribution in [0.5, 0.6) is 0 Å². The van der Waals surface area contributed by atoms with Crippen molar-refractivity contribution in [1.29, 1.82) is 0 Å². The molecule has 0 aromatic heterocycles. The largest absolute Gasteiger partial charge is 0.472 e. The summed E-state index contributed by atoms with van der Waals surface area (Å²) in [6.07, 6.45) is 44.9. The van der Waals surface area contributed by atoms with E-state index in [9.17, 15) is 19.0 Å². The second kappa shape index (κ2) is 42.1. The number of phosphoric ester groups is 1. The van der Waals surface area contributed by atoms with Gasteiger partial charge in [-0.15, -0.1) is 0 Å². The number of hydrogen-bond donors (Lipinski definition) is 2. The molecular formula is C45H86NO8P. The lowest BCUT2D eigenvalue weighted by Gasteiger charge is -2.19. The molecule has 0 saturated carbocycles. The van der Waals surface area contributed by atoms with Crippen molar-refractivity contribution in [1.82, 2.24) is 0 Å². The fourth-order valence-corrected chi connectivity index (χ4v) is 7.14.